The third-order valence-corrected chi connectivity index (χ3v) is 2.47. The summed E-state index contributed by atoms with van der Waals surface area (Å²) in [6.07, 6.45) is 3.70. The first-order valence-electron chi connectivity index (χ1n) is 5.07. The molecule has 1 rings (SSSR count). The Balaban J connectivity index is 2.81. The maximum Gasteiger partial charge on any atom is 0.223 e. The molecule has 0 radical (unpaired) electrons. The summed E-state index contributed by atoms with van der Waals surface area (Å²) in [6, 6.07) is 1.52. The van der Waals surface area contributed by atoms with Gasteiger partial charge in [0, 0.05) is 18.8 Å². The van der Waals surface area contributed by atoms with Crippen LogP contribution in [0.2, 0.25) is 0 Å². The Labute approximate surface area is 94.6 Å². The van der Waals surface area contributed by atoms with E-state index in [1.54, 1.807) is 6.20 Å². The minimum atomic E-state index is -0.0974. The van der Waals surface area contributed by atoms with Gasteiger partial charge in [-0.2, -0.15) is 0 Å². The molecule has 0 saturated heterocycles. The highest BCUT2D eigenvalue weighted by Crippen LogP contribution is 2.07. The number of pyridine rings is 1. The van der Waals surface area contributed by atoms with Crippen LogP contribution in [0.15, 0.2) is 17.1 Å². The van der Waals surface area contributed by atoms with Crippen molar-refractivity contribution in [1.82, 2.24) is 4.57 Å². The molecule has 0 amide bonds. The summed E-state index contributed by atoms with van der Waals surface area (Å²) in [5.41, 5.74) is 0.698. The quantitative estimate of drug-likeness (QED) is 0.573. The topological polar surface area (TPSA) is 31.2 Å². The first-order valence-corrected chi connectivity index (χ1v) is 5.60. The molecule has 84 valence electrons. The molecular formula is C11H16ClNO2. The molecule has 15 heavy (non-hydrogen) atoms. The number of hydrogen-bond acceptors (Lipinski definition) is 2. The van der Waals surface area contributed by atoms with Gasteiger partial charge < -0.3 is 9.30 Å². The van der Waals surface area contributed by atoms with E-state index in [9.17, 15) is 4.79 Å². The SMILES string of the molecule is CCCCOc1cn(C)c(CCl)cc1=O. The standard InChI is InChI=1S/C11H16ClNO2/c1-3-4-5-15-11-8-13(2)9(7-12)6-10(11)14/h6,8H,3-5,7H2,1-2H3. The minimum absolute atomic E-state index is 0.0974. The summed E-state index contributed by atoms with van der Waals surface area (Å²) < 4.78 is 7.20. The average molecular weight is 230 g/mol. The van der Waals surface area contributed by atoms with Crippen molar-refractivity contribution in [3.05, 3.63) is 28.2 Å². The van der Waals surface area contributed by atoms with Crippen molar-refractivity contribution in [2.75, 3.05) is 6.61 Å². The second-order valence-corrected chi connectivity index (χ2v) is 3.71. The highest BCUT2D eigenvalue weighted by molar-refractivity contribution is 6.16. The fourth-order valence-electron chi connectivity index (χ4n) is 1.21. The van der Waals surface area contributed by atoms with Gasteiger partial charge in [0.25, 0.3) is 0 Å². The van der Waals surface area contributed by atoms with E-state index in [0.717, 1.165) is 18.5 Å². The number of alkyl halides is 1. The first-order chi connectivity index (χ1) is 7.19. The molecule has 0 unspecified atom stereocenters. The third-order valence-electron chi connectivity index (χ3n) is 2.20. The number of aromatic nitrogens is 1. The predicted octanol–water partition coefficient (Wildman–Crippen LogP) is 2.30. The largest absolute Gasteiger partial charge is 0.488 e. The average Bonchev–Trinajstić information content (AvgIpc) is 2.23. The molecule has 0 aliphatic heterocycles. The Kier molecular flexibility index (Phi) is 4.69. The summed E-state index contributed by atoms with van der Waals surface area (Å²) in [7, 11) is 1.85. The molecule has 0 aliphatic carbocycles. The molecule has 3 nitrogen and oxygen atoms in total. The van der Waals surface area contributed by atoms with E-state index in [2.05, 4.69) is 6.92 Å². The molecule has 0 bridgehead atoms. The molecular weight excluding hydrogens is 214 g/mol. The molecule has 0 atom stereocenters. The van der Waals surface area contributed by atoms with Crippen LogP contribution >= 0.6 is 11.6 Å². The Morgan fingerprint density at radius 2 is 2.27 bits per heavy atom. The van der Waals surface area contributed by atoms with E-state index in [4.69, 9.17) is 16.3 Å². The van der Waals surface area contributed by atoms with Gasteiger partial charge in [-0.1, -0.05) is 13.3 Å². The monoisotopic (exact) mass is 229 g/mol. The van der Waals surface area contributed by atoms with Gasteiger partial charge in [-0.05, 0) is 6.42 Å². The Morgan fingerprint density at radius 1 is 1.53 bits per heavy atom. The number of unbranched alkanes of at least 4 members (excludes halogenated alkanes) is 1. The normalized spacial score (nSPS) is 10.3. The first kappa shape index (κ1) is 12.1. The van der Waals surface area contributed by atoms with Crippen LogP contribution in [0.1, 0.15) is 25.5 Å². The van der Waals surface area contributed by atoms with Crippen molar-refractivity contribution in [3.8, 4) is 5.75 Å². The number of hydrogen-bond donors (Lipinski definition) is 0. The summed E-state index contributed by atoms with van der Waals surface area (Å²) in [5.74, 6) is 0.737. The minimum Gasteiger partial charge on any atom is -0.488 e. The molecule has 1 heterocycles. The van der Waals surface area contributed by atoms with Crippen LogP contribution < -0.4 is 10.2 Å². The van der Waals surface area contributed by atoms with Crippen LogP contribution in [-0.4, -0.2) is 11.2 Å². The van der Waals surface area contributed by atoms with E-state index in [-0.39, 0.29) is 5.43 Å². The lowest BCUT2D eigenvalue weighted by atomic mass is 10.3. The van der Waals surface area contributed by atoms with Crippen molar-refractivity contribution >= 4 is 11.6 Å². The van der Waals surface area contributed by atoms with Crippen LogP contribution in [0.25, 0.3) is 0 Å². The fourth-order valence-corrected chi connectivity index (χ4v) is 1.48. The highest BCUT2D eigenvalue weighted by Gasteiger charge is 2.04. The van der Waals surface area contributed by atoms with Crippen molar-refractivity contribution in [2.24, 2.45) is 7.05 Å². The van der Waals surface area contributed by atoms with E-state index in [1.807, 2.05) is 11.6 Å². The summed E-state index contributed by atoms with van der Waals surface area (Å²) in [5, 5.41) is 0. The summed E-state index contributed by atoms with van der Waals surface area (Å²) in [6.45, 7) is 2.67. The molecule has 4 heteroatoms. The maximum atomic E-state index is 11.5. The van der Waals surface area contributed by atoms with Gasteiger partial charge in [-0.15, -0.1) is 11.6 Å². The van der Waals surface area contributed by atoms with Gasteiger partial charge in [0.2, 0.25) is 5.43 Å². The van der Waals surface area contributed by atoms with Crippen LogP contribution in [0.4, 0.5) is 0 Å². The van der Waals surface area contributed by atoms with Gasteiger partial charge in [-0.3, -0.25) is 4.79 Å². The van der Waals surface area contributed by atoms with Crippen molar-refractivity contribution in [1.29, 1.82) is 0 Å². The molecule has 1 aromatic heterocycles. The molecule has 1 aromatic rings. The molecule has 0 aliphatic rings. The second kappa shape index (κ2) is 5.81. The Bertz CT molecular complexity index is 373. The van der Waals surface area contributed by atoms with Crippen LogP contribution in [0, 0.1) is 0 Å². The van der Waals surface area contributed by atoms with Crippen molar-refractivity contribution < 1.29 is 4.74 Å². The van der Waals surface area contributed by atoms with Gasteiger partial charge in [0.1, 0.15) is 0 Å². The zero-order valence-corrected chi connectivity index (χ0v) is 9.88. The second-order valence-electron chi connectivity index (χ2n) is 3.44. The number of aryl methyl sites for hydroxylation is 1. The molecule has 0 N–H and O–H groups in total. The van der Waals surface area contributed by atoms with Crippen LogP contribution in [-0.2, 0) is 12.9 Å². The number of halogens is 1. The maximum absolute atomic E-state index is 11.5. The smallest absolute Gasteiger partial charge is 0.223 e. The van der Waals surface area contributed by atoms with Crippen molar-refractivity contribution in [3.63, 3.8) is 0 Å². The van der Waals surface area contributed by atoms with Gasteiger partial charge in [-0.25, -0.2) is 0 Å². The van der Waals surface area contributed by atoms with E-state index in [1.165, 1.54) is 6.07 Å². The van der Waals surface area contributed by atoms with E-state index >= 15 is 0 Å². The highest BCUT2D eigenvalue weighted by atomic mass is 35.5. The lowest BCUT2D eigenvalue weighted by molar-refractivity contribution is 0.304. The van der Waals surface area contributed by atoms with Gasteiger partial charge in [0.15, 0.2) is 5.75 Å². The lowest BCUT2D eigenvalue weighted by Crippen LogP contribution is -2.13. The predicted molar refractivity (Wildman–Crippen MR) is 61.6 cm³/mol. The zero-order valence-electron chi connectivity index (χ0n) is 9.12. The number of ether oxygens (including phenoxy) is 1. The molecule has 0 spiro atoms. The van der Waals surface area contributed by atoms with E-state index in [0.29, 0.717) is 18.2 Å². The summed E-state index contributed by atoms with van der Waals surface area (Å²) >= 11 is 5.68. The molecule has 0 saturated carbocycles. The van der Waals surface area contributed by atoms with Gasteiger partial charge in [0.05, 0.1) is 18.7 Å². The van der Waals surface area contributed by atoms with Gasteiger partial charge >= 0.3 is 0 Å². The zero-order chi connectivity index (χ0) is 11.3. The van der Waals surface area contributed by atoms with Crippen LogP contribution in [0.5, 0.6) is 5.75 Å². The van der Waals surface area contributed by atoms with E-state index < -0.39 is 0 Å². The Hall–Kier alpha value is -0.960. The third kappa shape index (κ3) is 3.27. The fraction of sp³-hybridized carbons (Fsp3) is 0.545. The van der Waals surface area contributed by atoms with Crippen molar-refractivity contribution in [2.45, 2.75) is 25.6 Å². The summed E-state index contributed by atoms with van der Waals surface area (Å²) in [4.78, 5) is 11.5. The van der Waals surface area contributed by atoms with Crippen LogP contribution in [0.3, 0.4) is 0 Å². The molecule has 0 fully saturated rings. The number of nitrogens with zero attached hydrogens (tertiary/aromatic N) is 1. The lowest BCUT2D eigenvalue weighted by Gasteiger charge is -2.09. The Morgan fingerprint density at radius 3 is 2.87 bits per heavy atom. The number of rotatable bonds is 5. The molecule has 0 aromatic carbocycles.